The van der Waals surface area contributed by atoms with E-state index in [1.54, 1.807) is 30.3 Å². The van der Waals surface area contributed by atoms with Crippen molar-refractivity contribution in [3.63, 3.8) is 0 Å². The quantitative estimate of drug-likeness (QED) is 0.740. The third kappa shape index (κ3) is 2.56. The number of carbonyl (C=O) groups excluding carboxylic acids is 2. The standard InChI is InChI=1S/C11H11NO3/c13-10(8-6-7-8)12-15-11(14)9-4-2-1-3-5-9/h1-5,8H,6-7H2,(H,12,13). The molecule has 0 spiro atoms. The summed E-state index contributed by atoms with van der Waals surface area (Å²) in [5.41, 5.74) is 2.58. The second kappa shape index (κ2) is 4.13. The minimum absolute atomic E-state index is 0.0357. The molecule has 4 nitrogen and oxygen atoms in total. The fourth-order valence-corrected chi connectivity index (χ4v) is 1.16. The van der Waals surface area contributed by atoms with E-state index in [9.17, 15) is 9.59 Å². The van der Waals surface area contributed by atoms with Crippen molar-refractivity contribution in [3.8, 4) is 0 Å². The molecule has 0 radical (unpaired) electrons. The molecule has 0 saturated heterocycles. The lowest BCUT2D eigenvalue weighted by molar-refractivity contribution is -0.131. The van der Waals surface area contributed by atoms with E-state index in [1.807, 2.05) is 0 Å². The Morgan fingerprint density at radius 1 is 1.20 bits per heavy atom. The highest BCUT2D eigenvalue weighted by Crippen LogP contribution is 2.28. The van der Waals surface area contributed by atoms with E-state index in [0.29, 0.717) is 5.56 Å². The van der Waals surface area contributed by atoms with Crippen LogP contribution in [0.4, 0.5) is 0 Å². The van der Waals surface area contributed by atoms with E-state index in [1.165, 1.54) is 0 Å². The van der Waals surface area contributed by atoms with Gasteiger partial charge in [-0.1, -0.05) is 18.2 Å². The molecule has 0 aromatic heterocycles. The molecule has 1 saturated carbocycles. The third-order valence-corrected chi connectivity index (χ3v) is 2.20. The van der Waals surface area contributed by atoms with E-state index < -0.39 is 5.97 Å². The summed E-state index contributed by atoms with van der Waals surface area (Å²) in [6.45, 7) is 0. The third-order valence-electron chi connectivity index (χ3n) is 2.20. The normalized spacial score (nSPS) is 14.4. The van der Waals surface area contributed by atoms with Crippen LogP contribution in [0.3, 0.4) is 0 Å². The molecule has 1 aromatic carbocycles. The Morgan fingerprint density at radius 3 is 2.47 bits per heavy atom. The van der Waals surface area contributed by atoms with E-state index in [-0.39, 0.29) is 11.8 Å². The van der Waals surface area contributed by atoms with Crippen LogP contribution < -0.4 is 5.48 Å². The van der Waals surface area contributed by atoms with E-state index in [4.69, 9.17) is 0 Å². The molecule has 1 aromatic rings. The van der Waals surface area contributed by atoms with Crippen molar-refractivity contribution in [1.82, 2.24) is 5.48 Å². The Balaban J connectivity index is 1.84. The zero-order chi connectivity index (χ0) is 10.7. The SMILES string of the molecule is O=C(ONC(=O)C1CC1)c1ccccc1. The molecule has 0 atom stereocenters. The van der Waals surface area contributed by atoms with Gasteiger partial charge in [0.1, 0.15) is 0 Å². The predicted molar refractivity (Wildman–Crippen MR) is 52.7 cm³/mol. The van der Waals surface area contributed by atoms with Crippen LogP contribution in [0.1, 0.15) is 23.2 Å². The Kier molecular flexibility index (Phi) is 2.67. The molecular weight excluding hydrogens is 194 g/mol. The maximum atomic E-state index is 11.4. The zero-order valence-corrected chi connectivity index (χ0v) is 8.10. The number of nitrogens with one attached hydrogen (secondary N) is 1. The van der Waals surface area contributed by atoms with Crippen LogP contribution in [0.25, 0.3) is 0 Å². The van der Waals surface area contributed by atoms with Gasteiger partial charge in [0.05, 0.1) is 5.56 Å². The summed E-state index contributed by atoms with van der Waals surface area (Å²) < 4.78 is 0. The highest BCUT2D eigenvalue weighted by atomic mass is 16.7. The molecule has 4 heteroatoms. The van der Waals surface area contributed by atoms with Crippen LogP contribution >= 0.6 is 0 Å². The monoisotopic (exact) mass is 205 g/mol. The number of amides is 1. The number of rotatable bonds is 2. The number of carbonyl (C=O) groups is 2. The number of hydroxylamine groups is 1. The smallest absolute Gasteiger partial charge is 0.335 e. The highest BCUT2D eigenvalue weighted by molar-refractivity contribution is 5.90. The van der Waals surface area contributed by atoms with Gasteiger partial charge in [-0.05, 0) is 25.0 Å². The summed E-state index contributed by atoms with van der Waals surface area (Å²) in [6, 6.07) is 8.54. The first-order valence-electron chi connectivity index (χ1n) is 4.83. The fourth-order valence-electron chi connectivity index (χ4n) is 1.16. The van der Waals surface area contributed by atoms with Gasteiger partial charge in [0.25, 0.3) is 5.91 Å². The van der Waals surface area contributed by atoms with Crippen molar-refractivity contribution in [2.75, 3.05) is 0 Å². The molecule has 0 unspecified atom stereocenters. The van der Waals surface area contributed by atoms with Crippen LogP contribution in [-0.4, -0.2) is 11.9 Å². The molecule has 2 rings (SSSR count). The molecule has 1 N–H and O–H groups in total. The summed E-state index contributed by atoms with van der Waals surface area (Å²) in [7, 11) is 0. The maximum absolute atomic E-state index is 11.4. The lowest BCUT2D eigenvalue weighted by Crippen LogP contribution is -2.28. The Morgan fingerprint density at radius 2 is 1.87 bits per heavy atom. The first kappa shape index (κ1) is 9.71. The van der Waals surface area contributed by atoms with Gasteiger partial charge in [-0.2, -0.15) is 5.48 Å². The average Bonchev–Trinajstić information content (AvgIpc) is 3.10. The lowest BCUT2D eigenvalue weighted by atomic mass is 10.2. The summed E-state index contributed by atoms with van der Waals surface area (Å²) in [6.07, 6.45) is 1.77. The maximum Gasteiger partial charge on any atom is 0.362 e. The average molecular weight is 205 g/mol. The van der Waals surface area contributed by atoms with Gasteiger partial charge >= 0.3 is 5.97 Å². The molecular formula is C11H11NO3. The van der Waals surface area contributed by atoms with Gasteiger partial charge in [0.15, 0.2) is 0 Å². The molecule has 1 fully saturated rings. The molecule has 1 amide bonds. The molecule has 0 heterocycles. The fraction of sp³-hybridized carbons (Fsp3) is 0.273. The van der Waals surface area contributed by atoms with Crippen molar-refractivity contribution < 1.29 is 14.4 Å². The molecule has 1 aliphatic carbocycles. The van der Waals surface area contributed by atoms with Gasteiger partial charge in [0, 0.05) is 5.92 Å². The summed E-state index contributed by atoms with van der Waals surface area (Å²) in [5.74, 6) is -0.711. The van der Waals surface area contributed by atoms with E-state index in [0.717, 1.165) is 12.8 Å². The molecule has 1 aliphatic rings. The van der Waals surface area contributed by atoms with Crippen LogP contribution in [0.2, 0.25) is 0 Å². The van der Waals surface area contributed by atoms with E-state index >= 15 is 0 Å². The summed E-state index contributed by atoms with van der Waals surface area (Å²) >= 11 is 0. The van der Waals surface area contributed by atoms with Gasteiger partial charge < -0.3 is 4.84 Å². The van der Waals surface area contributed by atoms with Crippen LogP contribution in [-0.2, 0) is 9.63 Å². The Bertz CT molecular complexity index is 371. The lowest BCUT2D eigenvalue weighted by Gasteiger charge is -2.04. The zero-order valence-electron chi connectivity index (χ0n) is 8.10. The highest BCUT2D eigenvalue weighted by Gasteiger charge is 2.30. The molecule has 0 bridgehead atoms. The van der Waals surface area contributed by atoms with Crippen LogP contribution in [0.15, 0.2) is 30.3 Å². The summed E-state index contributed by atoms with van der Waals surface area (Å²) in [4.78, 5) is 27.2. The van der Waals surface area contributed by atoms with Crippen molar-refractivity contribution >= 4 is 11.9 Å². The second-order valence-corrected chi connectivity index (χ2v) is 3.50. The predicted octanol–water partition coefficient (Wildman–Crippen LogP) is 1.28. The minimum atomic E-state index is -0.537. The second-order valence-electron chi connectivity index (χ2n) is 3.50. The van der Waals surface area contributed by atoms with Crippen molar-refractivity contribution in [2.24, 2.45) is 5.92 Å². The van der Waals surface area contributed by atoms with E-state index in [2.05, 4.69) is 10.3 Å². The topological polar surface area (TPSA) is 55.4 Å². The Hall–Kier alpha value is -1.84. The van der Waals surface area contributed by atoms with Gasteiger partial charge in [-0.15, -0.1) is 0 Å². The van der Waals surface area contributed by atoms with Crippen LogP contribution in [0.5, 0.6) is 0 Å². The first-order chi connectivity index (χ1) is 7.27. The van der Waals surface area contributed by atoms with Gasteiger partial charge in [-0.3, -0.25) is 4.79 Å². The number of benzene rings is 1. The molecule has 78 valence electrons. The Labute approximate surface area is 87.2 Å². The summed E-state index contributed by atoms with van der Waals surface area (Å²) in [5, 5.41) is 0. The van der Waals surface area contributed by atoms with Gasteiger partial charge in [0.2, 0.25) is 0 Å². The largest absolute Gasteiger partial charge is 0.362 e. The first-order valence-corrected chi connectivity index (χ1v) is 4.83. The number of hydrogen-bond acceptors (Lipinski definition) is 3. The molecule has 15 heavy (non-hydrogen) atoms. The molecule has 0 aliphatic heterocycles. The minimum Gasteiger partial charge on any atom is -0.335 e. The van der Waals surface area contributed by atoms with Gasteiger partial charge in [-0.25, -0.2) is 4.79 Å². The van der Waals surface area contributed by atoms with Crippen molar-refractivity contribution in [2.45, 2.75) is 12.8 Å². The van der Waals surface area contributed by atoms with Crippen molar-refractivity contribution in [1.29, 1.82) is 0 Å². The van der Waals surface area contributed by atoms with Crippen molar-refractivity contribution in [3.05, 3.63) is 35.9 Å². The number of hydrogen-bond donors (Lipinski definition) is 1. The van der Waals surface area contributed by atoms with Crippen LogP contribution in [0, 0.1) is 5.92 Å².